The lowest BCUT2D eigenvalue weighted by Gasteiger charge is -2.32. The Morgan fingerprint density at radius 1 is 0.977 bits per heavy atom. The van der Waals surface area contributed by atoms with Crippen LogP contribution in [0.2, 0.25) is 10.0 Å². The van der Waals surface area contributed by atoms with Crippen molar-refractivity contribution in [2.45, 2.75) is 78.9 Å². The van der Waals surface area contributed by atoms with E-state index in [2.05, 4.69) is 74.1 Å². The molecule has 4 nitrogen and oxygen atoms in total. The first kappa shape index (κ1) is 36.6. The molecule has 1 N–H and O–H groups in total. The first-order valence-corrected chi connectivity index (χ1v) is 16.4. The number of aromatic nitrogens is 1. The lowest BCUT2D eigenvalue weighted by molar-refractivity contribution is -0.0173. The molecule has 0 amide bonds. The zero-order valence-electron chi connectivity index (χ0n) is 27.4. The molecular weight excluding hydrogens is 573 g/mol. The van der Waals surface area contributed by atoms with Crippen molar-refractivity contribution >= 4 is 35.0 Å². The third-order valence-electron chi connectivity index (χ3n) is 7.43. The zero-order chi connectivity index (χ0) is 32.0. The summed E-state index contributed by atoms with van der Waals surface area (Å²) < 4.78 is 6.21. The first-order chi connectivity index (χ1) is 20.7. The van der Waals surface area contributed by atoms with E-state index in [1.54, 1.807) is 0 Å². The maximum absolute atomic E-state index is 6.26. The van der Waals surface area contributed by atoms with E-state index in [1.165, 1.54) is 0 Å². The second-order valence-corrected chi connectivity index (χ2v) is 11.5. The van der Waals surface area contributed by atoms with Crippen LogP contribution in [-0.2, 0) is 10.3 Å². The lowest BCUT2D eigenvalue weighted by atomic mass is 9.83. The van der Waals surface area contributed by atoms with Crippen molar-refractivity contribution in [3.8, 4) is 0 Å². The topological polar surface area (TPSA) is 37.4 Å². The molecule has 0 radical (unpaired) electrons. The van der Waals surface area contributed by atoms with Gasteiger partial charge < -0.3 is 15.0 Å². The minimum atomic E-state index is -0.576. The van der Waals surface area contributed by atoms with Gasteiger partial charge in [-0.2, -0.15) is 0 Å². The highest BCUT2D eigenvalue weighted by Crippen LogP contribution is 2.38. The molecule has 6 heteroatoms. The van der Waals surface area contributed by atoms with Gasteiger partial charge in [-0.05, 0) is 107 Å². The number of anilines is 1. The zero-order valence-corrected chi connectivity index (χ0v) is 28.9. The summed E-state index contributed by atoms with van der Waals surface area (Å²) in [4.78, 5) is 7.25. The predicted octanol–water partition coefficient (Wildman–Crippen LogP) is 10.6. The lowest BCUT2D eigenvalue weighted by Crippen LogP contribution is -2.37. The molecule has 1 aliphatic heterocycles. The summed E-state index contributed by atoms with van der Waals surface area (Å²) in [6.45, 7) is 21.2. The van der Waals surface area contributed by atoms with Crippen LogP contribution < -0.4 is 5.32 Å². The van der Waals surface area contributed by atoms with Gasteiger partial charge in [0.05, 0.1) is 5.69 Å². The standard InChI is InChI=1S/C33H39Cl2N3O.2C2H6/c1-6-23(31(24-8-12-26(34)13-9-24)25-10-14-27(35)15-11-25)22-29-30(37-28-17-20-38(5)21-18-28)16-19-36-32(29)33(3,4)39-7-2;2*1-2/h6,8-16,19,22,28,31H,1,7,17-18,20-21H2,2-5H3,(H,36,37);2*1-2H3/b23-22+;;. The molecule has 0 spiro atoms. The van der Waals surface area contributed by atoms with Gasteiger partial charge in [-0.15, -0.1) is 0 Å². The minimum absolute atomic E-state index is 0.0727. The Morgan fingerprint density at radius 2 is 1.49 bits per heavy atom. The number of likely N-dealkylation sites (tertiary alicyclic amines) is 1. The number of hydrogen-bond acceptors (Lipinski definition) is 4. The van der Waals surface area contributed by atoms with Crippen LogP contribution >= 0.6 is 23.2 Å². The maximum atomic E-state index is 6.26. The van der Waals surface area contributed by atoms with Gasteiger partial charge in [-0.25, -0.2) is 0 Å². The second kappa shape index (κ2) is 18.2. The highest BCUT2D eigenvalue weighted by atomic mass is 35.5. The molecule has 1 aliphatic rings. The van der Waals surface area contributed by atoms with Crippen molar-refractivity contribution in [2.75, 3.05) is 32.1 Å². The predicted molar refractivity (Wildman–Crippen MR) is 189 cm³/mol. The Labute approximate surface area is 271 Å². The molecule has 43 heavy (non-hydrogen) atoms. The Balaban J connectivity index is 0.00000155. The van der Waals surface area contributed by atoms with Crippen LogP contribution in [0.25, 0.3) is 6.08 Å². The van der Waals surface area contributed by atoms with Gasteiger partial charge in [0.25, 0.3) is 0 Å². The van der Waals surface area contributed by atoms with E-state index in [9.17, 15) is 0 Å². The van der Waals surface area contributed by atoms with Gasteiger partial charge in [0.15, 0.2) is 0 Å². The average Bonchev–Trinajstić information content (AvgIpc) is 3.02. The van der Waals surface area contributed by atoms with E-state index >= 15 is 0 Å². The Morgan fingerprint density at radius 3 is 1.95 bits per heavy atom. The highest BCUT2D eigenvalue weighted by molar-refractivity contribution is 6.30. The quantitative estimate of drug-likeness (QED) is 0.228. The van der Waals surface area contributed by atoms with E-state index in [-0.39, 0.29) is 5.92 Å². The number of nitrogens with zero attached hydrogens (tertiary/aromatic N) is 2. The highest BCUT2D eigenvalue weighted by Gasteiger charge is 2.29. The van der Waals surface area contributed by atoms with Gasteiger partial charge in [-0.1, -0.05) is 87.8 Å². The van der Waals surface area contributed by atoms with Gasteiger partial charge in [0, 0.05) is 46.1 Å². The molecule has 234 valence electrons. The van der Waals surface area contributed by atoms with E-state index in [0.29, 0.717) is 22.7 Å². The van der Waals surface area contributed by atoms with Crippen LogP contribution in [0.5, 0.6) is 0 Å². The average molecular weight is 625 g/mol. The third kappa shape index (κ3) is 10.2. The number of ether oxygens (including phenoxy) is 1. The number of pyridine rings is 1. The molecule has 0 saturated carbocycles. The number of rotatable bonds is 10. The van der Waals surface area contributed by atoms with Crippen LogP contribution in [0.4, 0.5) is 5.69 Å². The Hall–Kier alpha value is -2.63. The molecule has 1 aromatic heterocycles. The van der Waals surface area contributed by atoms with Crippen LogP contribution in [0.3, 0.4) is 0 Å². The maximum Gasteiger partial charge on any atom is 0.105 e. The second-order valence-electron chi connectivity index (χ2n) is 10.7. The minimum Gasteiger partial charge on any atom is -0.382 e. The summed E-state index contributed by atoms with van der Waals surface area (Å²) in [5.41, 5.74) is 5.69. The summed E-state index contributed by atoms with van der Waals surface area (Å²) >= 11 is 12.5. The summed E-state index contributed by atoms with van der Waals surface area (Å²) in [6, 6.07) is 18.5. The number of halogens is 2. The van der Waals surface area contributed by atoms with Crippen LogP contribution in [0.15, 0.2) is 79.0 Å². The van der Waals surface area contributed by atoms with Crippen LogP contribution in [0, 0.1) is 0 Å². The Kier molecular flexibility index (Phi) is 15.5. The van der Waals surface area contributed by atoms with E-state index in [4.69, 9.17) is 32.9 Å². The summed E-state index contributed by atoms with van der Waals surface area (Å²) in [6.07, 6.45) is 8.24. The molecule has 1 saturated heterocycles. The van der Waals surface area contributed by atoms with Crippen LogP contribution in [-0.4, -0.2) is 42.7 Å². The molecule has 1 fully saturated rings. The summed E-state index contributed by atoms with van der Waals surface area (Å²) in [5.74, 6) is -0.0727. The fraction of sp³-hybridized carbons (Fsp3) is 0.432. The molecule has 2 aromatic carbocycles. The van der Waals surface area contributed by atoms with Crippen LogP contribution in [0.1, 0.15) is 89.6 Å². The molecule has 0 unspecified atom stereocenters. The number of benzene rings is 2. The normalized spacial score (nSPS) is 14.3. The molecule has 4 rings (SSSR count). The van der Waals surface area contributed by atoms with E-state index in [0.717, 1.165) is 59.6 Å². The van der Waals surface area contributed by atoms with Crippen molar-refractivity contribution < 1.29 is 4.74 Å². The van der Waals surface area contributed by atoms with E-state index < -0.39 is 5.60 Å². The SMILES string of the molecule is C=C/C(=C\c1c(NC2CCN(C)CC2)ccnc1C(C)(C)OCC)C(c1ccc(Cl)cc1)c1ccc(Cl)cc1.CC.CC. The number of allylic oxidation sites excluding steroid dienone is 2. The monoisotopic (exact) mass is 623 g/mol. The van der Waals surface area contributed by atoms with Crippen molar-refractivity contribution in [3.05, 3.63) is 111 Å². The number of hydrogen-bond donors (Lipinski definition) is 1. The molecule has 2 heterocycles. The fourth-order valence-corrected chi connectivity index (χ4v) is 5.59. The molecular formula is C37H51Cl2N3O. The molecule has 0 bridgehead atoms. The molecule has 3 aromatic rings. The fourth-order valence-electron chi connectivity index (χ4n) is 5.34. The van der Waals surface area contributed by atoms with Gasteiger partial charge in [-0.3, -0.25) is 4.98 Å². The third-order valence-corrected chi connectivity index (χ3v) is 7.93. The largest absolute Gasteiger partial charge is 0.382 e. The Bertz CT molecular complexity index is 1230. The van der Waals surface area contributed by atoms with Crippen molar-refractivity contribution in [2.24, 2.45) is 0 Å². The summed E-state index contributed by atoms with van der Waals surface area (Å²) in [5, 5.41) is 5.26. The smallest absolute Gasteiger partial charge is 0.105 e. The summed E-state index contributed by atoms with van der Waals surface area (Å²) in [7, 11) is 2.18. The first-order valence-electron chi connectivity index (χ1n) is 15.6. The molecule has 0 atom stereocenters. The van der Waals surface area contributed by atoms with Crippen molar-refractivity contribution in [1.29, 1.82) is 0 Å². The van der Waals surface area contributed by atoms with Crippen molar-refractivity contribution in [3.63, 3.8) is 0 Å². The molecule has 0 aliphatic carbocycles. The number of piperidine rings is 1. The van der Waals surface area contributed by atoms with E-state index in [1.807, 2.05) is 71.2 Å². The van der Waals surface area contributed by atoms with Gasteiger partial charge in [0.1, 0.15) is 5.60 Å². The van der Waals surface area contributed by atoms with Crippen molar-refractivity contribution in [1.82, 2.24) is 9.88 Å². The van der Waals surface area contributed by atoms with Gasteiger partial charge >= 0.3 is 0 Å². The van der Waals surface area contributed by atoms with Gasteiger partial charge in [0.2, 0.25) is 0 Å². The number of nitrogens with one attached hydrogen (secondary N) is 1.